The highest BCUT2D eigenvalue weighted by atomic mass is 16.5. The molecule has 3 rings (SSSR count). The number of hydrogen-bond donors (Lipinski definition) is 1. The number of methoxy groups -OCH3 is 1. The van der Waals surface area contributed by atoms with Crippen LogP contribution in [0.4, 0.5) is 0 Å². The van der Waals surface area contributed by atoms with E-state index in [1.807, 2.05) is 0 Å². The van der Waals surface area contributed by atoms with Gasteiger partial charge in [-0.1, -0.05) is 12.8 Å². The molecular weight excluding hydrogens is 268 g/mol. The average molecular weight is 294 g/mol. The molecule has 1 aliphatic heterocycles. The number of nitrogens with one attached hydrogen (secondary N) is 1. The van der Waals surface area contributed by atoms with E-state index in [0.717, 1.165) is 45.3 Å². The fourth-order valence-electron chi connectivity index (χ4n) is 3.71. The molecule has 2 saturated carbocycles. The fourth-order valence-corrected chi connectivity index (χ4v) is 3.71. The van der Waals surface area contributed by atoms with Crippen LogP contribution in [-0.2, 0) is 14.3 Å². The lowest BCUT2D eigenvalue weighted by Crippen LogP contribution is -2.44. The molecule has 0 aromatic rings. The number of hydrogen-bond acceptors (Lipinski definition) is 4. The van der Waals surface area contributed by atoms with Crippen LogP contribution in [0.25, 0.3) is 0 Å². The van der Waals surface area contributed by atoms with Crippen LogP contribution in [0, 0.1) is 5.41 Å². The summed E-state index contributed by atoms with van der Waals surface area (Å²) in [5.74, 6) is 0.0283. The third kappa shape index (κ3) is 3.14. The molecule has 0 bridgehead atoms. The van der Waals surface area contributed by atoms with Crippen LogP contribution in [0.2, 0.25) is 0 Å². The number of likely N-dealkylation sites (tertiary alicyclic amines) is 1. The SMILES string of the molecule is COCCC1(CNC2CC(=O)N(C3CCCC3)C2=O)CC1. The first-order valence-electron chi connectivity index (χ1n) is 8.23. The minimum absolute atomic E-state index is 0.00874. The summed E-state index contributed by atoms with van der Waals surface area (Å²) < 4.78 is 5.16. The maximum absolute atomic E-state index is 12.5. The van der Waals surface area contributed by atoms with E-state index in [1.54, 1.807) is 12.0 Å². The Balaban J connectivity index is 1.52. The van der Waals surface area contributed by atoms with Gasteiger partial charge in [-0.2, -0.15) is 0 Å². The molecule has 0 aromatic carbocycles. The highest BCUT2D eigenvalue weighted by molar-refractivity contribution is 6.05. The van der Waals surface area contributed by atoms with E-state index in [2.05, 4.69) is 5.32 Å². The van der Waals surface area contributed by atoms with Crippen molar-refractivity contribution < 1.29 is 14.3 Å². The molecule has 0 radical (unpaired) electrons. The predicted octanol–water partition coefficient (Wildman–Crippen LogP) is 1.46. The first kappa shape index (κ1) is 15.0. The summed E-state index contributed by atoms with van der Waals surface area (Å²) in [7, 11) is 1.72. The van der Waals surface area contributed by atoms with Gasteiger partial charge in [-0.05, 0) is 37.5 Å². The average Bonchev–Trinajstić information content (AvgIpc) is 2.91. The minimum Gasteiger partial charge on any atom is -0.385 e. The third-order valence-electron chi connectivity index (χ3n) is 5.39. The van der Waals surface area contributed by atoms with Crippen LogP contribution in [0.1, 0.15) is 51.4 Å². The Morgan fingerprint density at radius 1 is 1.29 bits per heavy atom. The van der Waals surface area contributed by atoms with Crippen LogP contribution in [0.3, 0.4) is 0 Å². The van der Waals surface area contributed by atoms with E-state index >= 15 is 0 Å². The number of ether oxygens (including phenoxy) is 1. The van der Waals surface area contributed by atoms with E-state index in [0.29, 0.717) is 11.8 Å². The van der Waals surface area contributed by atoms with E-state index in [9.17, 15) is 9.59 Å². The molecule has 5 heteroatoms. The molecule has 0 spiro atoms. The van der Waals surface area contributed by atoms with Crippen LogP contribution < -0.4 is 5.32 Å². The van der Waals surface area contributed by atoms with Crippen molar-refractivity contribution >= 4 is 11.8 Å². The second kappa shape index (κ2) is 6.05. The Kier molecular flexibility index (Phi) is 4.31. The molecule has 3 fully saturated rings. The molecule has 1 heterocycles. The smallest absolute Gasteiger partial charge is 0.247 e. The molecule has 5 nitrogen and oxygen atoms in total. The van der Waals surface area contributed by atoms with Gasteiger partial charge in [-0.15, -0.1) is 0 Å². The maximum atomic E-state index is 12.5. The van der Waals surface area contributed by atoms with E-state index in [-0.39, 0.29) is 23.9 Å². The fraction of sp³-hybridized carbons (Fsp3) is 0.875. The van der Waals surface area contributed by atoms with Crippen molar-refractivity contribution in [1.29, 1.82) is 0 Å². The van der Waals surface area contributed by atoms with Crippen molar-refractivity contribution in [1.82, 2.24) is 10.2 Å². The number of amides is 2. The van der Waals surface area contributed by atoms with Crippen molar-refractivity contribution in [3.63, 3.8) is 0 Å². The summed E-state index contributed by atoms with van der Waals surface area (Å²) in [5.41, 5.74) is 0.306. The Morgan fingerprint density at radius 3 is 2.62 bits per heavy atom. The van der Waals surface area contributed by atoms with Gasteiger partial charge in [-0.25, -0.2) is 0 Å². The van der Waals surface area contributed by atoms with E-state index in [1.165, 1.54) is 12.8 Å². The Morgan fingerprint density at radius 2 is 2.00 bits per heavy atom. The van der Waals surface area contributed by atoms with Gasteiger partial charge in [0.05, 0.1) is 12.5 Å². The van der Waals surface area contributed by atoms with Crippen molar-refractivity contribution in [2.45, 2.75) is 63.5 Å². The van der Waals surface area contributed by atoms with Crippen molar-refractivity contribution in [2.75, 3.05) is 20.3 Å². The molecule has 0 aromatic heterocycles. The molecule has 1 N–H and O–H groups in total. The summed E-state index contributed by atoms with van der Waals surface area (Å²) >= 11 is 0. The highest BCUT2D eigenvalue weighted by Gasteiger charge is 2.46. The molecule has 1 saturated heterocycles. The minimum atomic E-state index is -0.293. The van der Waals surface area contributed by atoms with Gasteiger partial charge in [0.2, 0.25) is 11.8 Å². The second-order valence-corrected chi connectivity index (χ2v) is 6.92. The zero-order valence-electron chi connectivity index (χ0n) is 12.9. The van der Waals surface area contributed by atoms with Gasteiger partial charge in [0.15, 0.2) is 0 Å². The lowest BCUT2D eigenvalue weighted by Gasteiger charge is -2.23. The molecule has 1 unspecified atom stereocenters. The topological polar surface area (TPSA) is 58.6 Å². The summed E-state index contributed by atoms with van der Waals surface area (Å²) in [6.45, 7) is 1.60. The maximum Gasteiger partial charge on any atom is 0.247 e. The number of carbonyl (C=O) groups is 2. The first-order valence-corrected chi connectivity index (χ1v) is 8.23. The van der Waals surface area contributed by atoms with Crippen molar-refractivity contribution in [3.05, 3.63) is 0 Å². The Bertz CT molecular complexity index is 414. The van der Waals surface area contributed by atoms with Gasteiger partial charge >= 0.3 is 0 Å². The monoisotopic (exact) mass is 294 g/mol. The second-order valence-electron chi connectivity index (χ2n) is 6.92. The zero-order chi connectivity index (χ0) is 14.9. The van der Waals surface area contributed by atoms with Crippen LogP contribution >= 0.6 is 0 Å². The standard InChI is InChI=1S/C16H26N2O3/c1-21-9-8-16(6-7-16)11-17-13-10-14(19)18(15(13)20)12-4-2-3-5-12/h12-13,17H,2-11H2,1H3. The quantitative estimate of drug-likeness (QED) is 0.722. The molecule has 1 atom stereocenters. The van der Waals surface area contributed by atoms with Crippen molar-refractivity contribution in [3.8, 4) is 0 Å². The lowest BCUT2D eigenvalue weighted by atomic mass is 10.0. The largest absolute Gasteiger partial charge is 0.385 e. The lowest BCUT2D eigenvalue weighted by molar-refractivity contribution is -0.141. The summed E-state index contributed by atoms with van der Waals surface area (Å²) in [5, 5.41) is 3.36. The Labute approximate surface area is 126 Å². The molecule has 2 amide bonds. The number of rotatable bonds is 7. The number of nitrogens with zero attached hydrogens (tertiary/aromatic N) is 1. The number of carbonyl (C=O) groups excluding carboxylic acids is 2. The predicted molar refractivity (Wildman–Crippen MR) is 78.7 cm³/mol. The van der Waals surface area contributed by atoms with Gasteiger partial charge in [-0.3, -0.25) is 14.5 Å². The van der Waals surface area contributed by atoms with E-state index in [4.69, 9.17) is 4.74 Å². The molecule has 3 aliphatic rings. The summed E-state index contributed by atoms with van der Waals surface area (Å²) in [6.07, 6.45) is 8.03. The van der Waals surface area contributed by atoms with Gasteiger partial charge in [0.25, 0.3) is 0 Å². The molecule has 2 aliphatic carbocycles. The highest BCUT2D eigenvalue weighted by Crippen LogP contribution is 2.48. The summed E-state index contributed by atoms with van der Waals surface area (Å²) in [4.78, 5) is 26.2. The van der Waals surface area contributed by atoms with Crippen LogP contribution in [0.15, 0.2) is 0 Å². The third-order valence-corrected chi connectivity index (χ3v) is 5.39. The van der Waals surface area contributed by atoms with Crippen molar-refractivity contribution in [2.24, 2.45) is 5.41 Å². The first-order chi connectivity index (χ1) is 10.2. The van der Waals surface area contributed by atoms with Crippen LogP contribution in [-0.4, -0.2) is 49.1 Å². The normalized spacial score (nSPS) is 28.6. The molecule has 118 valence electrons. The van der Waals surface area contributed by atoms with Gasteiger partial charge in [0, 0.05) is 26.3 Å². The van der Waals surface area contributed by atoms with Gasteiger partial charge < -0.3 is 10.1 Å². The van der Waals surface area contributed by atoms with Crippen LogP contribution in [0.5, 0.6) is 0 Å². The Hall–Kier alpha value is -0.940. The molecule has 21 heavy (non-hydrogen) atoms. The molecular formula is C16H26N2O3. The van der Waals surface area contributed by atoms with Gasteiger partial charge in [0.1, 0.15) is 0 Å². The summed E-state index contributed by atoms with van der Waals surface area (Å²) in [6, 6.07) is -0.127. The number of imide groups is 1. The van der Waals surface area contributed by atoms with E-state index < -0.39 is 0 Å². The zero-order valence-corrected chi connectivity index (χ0v) is 12.9.